The molecular weight excluding hydrogens is 452 g/mol. The minimum Gasteiger partial charge on any atom is -0.492 e. The third-order valence-electron chi connectivity index (χ3n) is 4.88. The van der Waals surface area contributed by atoms with Gasteiger partial charge in [-0.05, 0) is 36.4 Å². The van der Waals surface area contributed by atoms with Gasteiger partial charge in [0.05, 0.1) is 34.6 Å². The molecule has 0 saturated heterocycles. The molecule has 2 aromatic carbocycles. The molecule has 0 fully saturated rings. The van der Waals surface area contributed by atoms with Gasteiger partial charge in [-0.25, -0.2) is 9.78 Å². The minimum absolute atomic E-state index is 0.196. The van der Waals surface area contributed by atoms with Gasteiger partial charge in [0.25, 0.3) is 11.1 Å². The summed E-state index contributed by atoms with van der Waals surface area (Å²) in [4.78, 5) is 31.1. The Labute approximate surface area is 193 Å². The molecule has 0 spiro atoms. The third-order valence-corrected chi connectivity index (χ3v) is 6.17. The number of nitrogens with one attached hydrogen (secondary N) is 1. The maximum Gasteiger partial charge on any atom is 0.421 e. The number of nitrogens with zero attached hydrogens (tertiary/aromatic N) is 3. The van der Waals surface area contributed by atoms with E-state index in [4.69, 9.17) is 26.3 Å². The van der Waals surface area contributed by atoms with Crippen molar-refractivity contribution in [2.24, 2.45) is 0 Å². The monoisotopic (exact) mass is 468 g/mol. The first kappa shape index (κ1) is 21.6. The zero-order valence-corrected chi connectivity index (χ0v) is 18.7. The number of nitriles is 1. The Balaban J connectivity index is 1.56. The molecule has 0 saturated carbocycles. The van der Waals surface area contributed by atoms with Crippen molar-refractivity contribution < 1.29 is 19.1 Å². The van der Waals surface area contributed by atoms with Crippen molar-refractivity contribution in [3.8, 4) is 28.3 Å². The Kier molecular flexibility index (Phi) is 5.99. The van der Waals surface area contributed by atoms with Crippen LogP contribution in [0.5, 0.6) is 10.9 Å². The SMILES string of the molecule is CNC(=O)c1ccc(N(C)C(=O)Oc2nc3c(s2)CCOc2cc(C#N)ccc2-3)c(Cl)c1. The molecule has 0 atom stereocenters. The molecule has 1 aliphatic rings. The number of anilines is 1. The number of amides is 2. The summed E-state index contributed by atoms with van der Waals surface area (Å²) in [6.07, 6.45) is -0.0659. The lowest BCUT2D eigenvalue weighted by molar-refractivity contribution is 0.0963. The van der Waals surface area contributed by atoms with Crippen molar-refractivity contribution in [1.29, 1.82) is 5.26 Å². The van der Waals surface area contributed by atoms with Crippen LogP contribution >= 0.6 is 22.9 Å². The lowest BCUT2D eigenvalue weighted by Gasteiger charge is -2.17. The van der Waals surface area contributed by atoms with Gasteiger partial charge in [-0.2, -0.15) is 5.26 Å². The van der Waals surface area contributed by atoms with Crippen LogP contribution in [0.3, 0.4) is 0 Å². The number of halogens is 1. The van der Waals surface area contributed by atoms with Crippen LogP contribution in [0.4, 0.5) is 10.5 Å². The van der Waals surface area contributed by atoms with Crippen LogP contribution in [0, 0.1) is 11.3 Å². The summed E-state index contributed by atoms with van der Waals surface area (Å²) in [5.74, 6) is 0.296. The van der Waals surface area contributed by atoms with E-state index in [1.54, 1.807) is 30.3 Å². The van der Waals surface area contributed by atoms with E-state index < -0.39 is 6.09 Å². The average molecular weight is 469 g/mol. The average Bonchev–Trinajstić information content (AvgIpc) is 3.11. The van der Waals surface area contributed by atoms with E-state index in [-0.39, 0.29) is 16.1 Å². The molecule has 4 rings (SSSR count). The lowest BCUT2D eigenvalue weighted by Crippen LogP contribution is -2.29. The summed E-state index contributed by atoms with van der Waals surface area (Å²) < 4.78 is 11.3. The van der Waals surface area contributed by atoms with E-state index in [0.29, 0.717) is 41.3 Å². The van der Waals surface area contributed by atoms with Crippen LogP contribution < -0.4 is 19.7 Å². The van der Waals surface area contributed by atoms with Crippen molar-refractivity contribution in [3.05, 3.63) is 57.4 Å². The van der Waals surface area contributed by atoms with Gasteiger partial charge < -0.3 is 14.8 Å². The molecule has 3 aromatic rings. The smallest absolute Gasteiger partial charge is 0.421 e. The van der Waals surface area contributed by atoms with Gasteiger partial charge in [0.1, 0.15) is 5.75 Å². The molecule has 0 bridgehead atoms. The van der Waals surface area contributed by atoms with Crippen LogP contribution in [0.2, 0.25) is 5.02 Å². The van der Waals surface area contributed by atoms with E-state index in [2.05, 4.69) is 16.4 Å². The summed E-state index contributed by atoms with van der Waals surface area (Å²) in [5.41, 5.74) is 2.69. The Bertz CT molecular complexity index is 1270. The van der Waals surface area contributed by atoms with Crippen LogP contribution in [0.15, 0.2) is 36.4 Å². The van der Waals surface area contributed by atoms with Crippen molar-refractivity contribution >= 4 is 40.6 Å². The van der Waals surface area contributed by atoms with Gasteiger partial charge in [0.15, 0.2) is 0 Å². The predicted molar refractivity (Wildman–Crippen MR) is 121 cm³/mol. The molecule has 0 radical (unpaired) electrons. The fraction of sp³-hybridized carbons (Fsp3) is 0.182. The van der Waals surface area contributed by atoms with Crippen molar-refractivity contribution in [1.82, 2.24) is 10.3 Å². The third kappa shape index (κ3) is 4.10. The fourth-order valence-electron chi connectivity index (χ4n) is 3.22. The highest BCUT2D eigenvalue weighted by atomic mass is 35.5. The van der Waals surface area contributed by atoms with Gasteiger partial charge in [-0.1, -0.05) is 22.9 Å². The van der Waals surface area contributed by atoms with Gasteiger partial charge in [0, 0.05) is 36.5 Å². The number of rotatable bonds is 3. The Morgan fingerprint density at radius 2 is 2.12 bits per heavy atom. The number of hydrogen-bond acceptors (Lipinski definition) is 7. The number of fused-ring (bicyclic) bond motifs is 3. The molecule has 2 amide bonds. The summed E-state index contributed by atoms with van der Waals surface area (Å²) in [5, 5.41) is 12.1. The first-order chi connectivity index (χ1) is 15.4. The number of carbonyl (C=O) groups is 2. The van der Waals surface area contributed by atoms with Gasteiger partial charge in [-0.3, -0.25) is 9.69 Å². The van der Waals surface area contributed by atoms with Gasteiger partial charge >= 0.3 is 6.09 Å². The lowest BCUT2D eigenvalue weighted by atomic mass is 10.1. The van der Waals surface area contributed by atoms with E-state index in [1.165, 1.54) is 36.4 Å². The second-order valence-corrected chi connectivity index (χ2v) is 8.30. The van der Waals surface area contributed by atoms with Crippen molar-refractivity contribution in [2.75, 3.05) is 25.6 Å². The predicted octanol–water partition coefficient (Wildman–Crippen LogP) is 4.26. The Hall–Kier alpha value is -3.61. The second kappa shape index (κ2) is 8.86. The minimum atomic E-state index is -0.667. The second-order valence-electron chi connectivity index (χ2n) is 6.85. The zero-order chi connectivity index (χ0) is 22.8. The normalized spacial score (nSPS) is 11.8. The van der Waals surface area contributed by atoms with Crippen LogP contribution in [0.25, 0.3) is 11.3 Å². The highest BCUT2D eigenvalue weighted by Crippen LogP contribution is 2.40. The van der Waals surface area contributed by atoms with Crippen molar-refractivity contribution in [3.63, 3.8) is 0 Å². The summed E-state index contributed by atoms with van der Waals surface area (Å²) >= 11 is 7.54. The fourth-order valence-corrected chi connectivity index (χ4v) is 4.43. The summed E-state index contributed by atoms with van der Waals surface area (Å²) in [6.45, 7) is 0.428. The van der Waals surface area contributed by atoms with Crippen molar-refractivity contribution in [2.45, 2.75) is 6.42 Å². The zero-order valence-electron chi connectivity index (χ0n) is 17.1. The highest BCUT2D eigenvalue weighted by Gasteiger charge is 2.24. The van der Waals surface area contributed by atoms with Crippen LogP contribution in [-0.4, -0.2) is 37.7 Å². The van der Waals surface area contributed by atoms with Crippen LogP contribution in [0.1, 0.15) is 20.8 Å². The number of benzene rings is 2. The Morgan fingerprint density at radius 1 is 1.31 bits per heavy atom. The molecule has 162 valence electrons. The quantitative estimate of drug-likeness (QED) is 0.615. The number of hydrogen-bond donors (Lipinski definition) is 1. The molecule has 1 aliphatic heterocycles. The van der Waals surface area contributed by atoms with Gasteiger partial charge in [-0.15, -0.1) is 0 Å². The summed E-state index contributed by atoms with van der Waals surface area (Å²) in [6, 6.07) is 11.9. The maximum absolute atomic E-state index is 12.7. The first-order valence-electron chi connectivity index (χ1n) is 9.55. The molecule has 0 unspecified atom stereocenters. The topological polar surface area (TPSA) is 105 Å². The molecule has 8 nitrogen and oxygen atoms in total. The Morgan fingerprint density at radius 3 is 2.84 bits per heavy atom. The highest BCUT2D eigenvalue weighted by molar-refractivity contribution is 7.14. The number of carbonyl (C=O) groups excluding carboxylic acids is 2. The molecular formula is C22H17ClN4O4S. The number of thiazole rings is 1. The van der Waals surface area contributed by atoms with E-state index in [9.17, 15) is 9.59 Å². The molecule has 10 heteroatoms. The van der Waals surface area contributed by atoms with Crippen LogP contribution in [-0.2, 0) is 6.42 Å². The number of ether oxygens (including phenoxy) is 2. The summed E-state index contributed by atoms with van der Waals surface area (Å²) in [7, 11) is 3.05. The largest absolute Gasteiger partial charge is 0.492 e. The molecule has 32 heavy (non-hydrogen) atoms. The van der Waals surface area contributed by atoms with E-state index in [0.717, 1.165) is 10.4 Å². The molecule has 0 aliphatic carbocycles. The molecule has 1 N–H and O–H groups in total. The van der Waals surface area contributed by atoms with Gasteiger partial charge in [0.2, 0.25) is 0 Å². The van der Waals surface area contributed by atoms with E-state index in [1.807, 2.05) is 0 Å². The maximum atomic E-state index is 12.7. The van der Waals surface area contributed by atoms with E-state index >= 15 is 0 Å². The first-order valence-corrected chi connectivity index (χ1v) is 10.7. The standard InChI is InChI=1S/C22H17ClN4O4S/c1-25-20(28)13-4-6-16(15(23)10-13)27(2)22(29)31-21-26-19-14-5-3-12(11-24)9-17(14)30-8-7-18(19)32-21/h3-6,9-10H,7-8H2,1-2H3,(H,25,28). The number of aromatic nitrogens is 1. The molecule has 2 heterocycles. The molecule has 1 aromatic heterocycles.